The Morgan fingerprint density at radius 1 is 0.463 bits per heavy atom. The first-order valence-electron chi connectivity index (χ1n) is 11.7. The number of nitrogens with one attached hydrogen (secondary N) is 3. The molecular formula is C20H25B2CaCl6N12+3. The van der Waals surface area contributed by atoms with Crippen molar-refractivity contribution in [2.45, 2.75) is 8.59 Å². The van der Waals surface area contributed by atoms with Crippen molar-refractivity contribution in [1.82, 2.24) is 42.9 Å². The van der Waals surface area contributed by atoms with Gasteiger partial charge in [0.25, 0.3) is 0 Å². The number of hydrogen-bond acceptors (Lipinski definition) is 3. The Bertz CT molecular complexity index is 1110. The largest absolute Gasteiger partial charge is 2.00 e. The zero-order valence-corrected chi connectivity index (χ0v) is 28.2. The van der Waals surface area contributed by atoms with E-state index in [1.54, 1.807) is 18.6 Å². The molecule has 0 aliphatic rings. The molecule has 3 N–H and O–H groups in total. The number of rotatable bonds is 6. The van der Waals surface area contributed by atoms with Crippen LogP contribution in [-0.2, 0) is 0 Å². The average Bonchev–Trinajstić information content (AvgIpc) is 3.72. The fourth-order valence-electron chi connectivity index (χ4n) is 3.86. The molecule has 6 aromatic heterocycles. The van der Waals surface area contributed by atoms with E-state index in [-0.39, 0.29) is 37.7 Å². The molecule has 0 bridgehead atoms. The third-order valence-electron chi connectivity index (χ3n) is 5.27. The van der Waals surface area contributed by atoms with Crippen molar-refractivity contribution < 1.29 is 15.3 Å². The second-order valence-corrected chi connectivity index (χ2v) is 11.8. The van der Waals surface area contributed by atoms with Gasteiger partial charge in [0.15, 0.2) is 27.2 Å². The van der Waals surface area contributed by atoms with Crippen molar-refractivity contribution in [3.8, 4) is 0 Å². The number of halogens is 6. The van der Waals surface area contributed by atoms with Crippen molar-refractivity contribution >= 4 is 122 Å². The molecule has 6 aromatic rings. The van der Waals surface area contributed by atoms with E-state index in [9.17, 15) is 0 Å². The molecule has 0 fully saturated rings. The van der Waals surface area contributed by atoms with Crippen molar-refractivity contribution in [1.29, 1.82) is 0 Å². The van der Waals surface area contributed by atoms with Gasteiger partial charge in [-0.25, -0.2) is 15.3 Å². The van der Waals surface area contributed by atoms with Crippen LogP contribution in [-0.4, -0.2) is 103 Å². The van der Waals surface area contributed by atoms with Gasteiger partial charge in [-0.3, -0.25) is 13.8 Å². The molecule has 12 nitrogen and oxygen atoms in total. The van der Waals surface area contributed by atoms with Crippen LogP contribution in [0, 0.1) is 0 Å². The molecule has 0 atom stereocenters. The number of aromatic amines is 3. The quantitative estimate of drug-likeness (QED) is 0.194. The van der Waals surface area contributed by atoms with E-state index in [1.165, 1.54) is 0 Å². The molecule has 0 spiro atoms. The number of aromatic nitrogens is 12. The fraction of sp³-hybridized carbons (Fsp3) is 0.100. The summed E-state index contributed by atoms with van der Waals surface area (Å²) in [5.41, 5.74) is 0. The first kappa shape index (κ1) is 35.6. The third kappa shape index (κ3) is 12.3. The smallest absolute Gasteiger partial charge is 0.403 e. The standard InChI is InChI=1S/2C9H10BN6.2CHCl3.Ca/c2*1-4-11-14(7-1)10(15-8-2-5-12-15)16-9-3-6-13-16;2*2-1(3)4;/h2*1-10H;2*1H;/q2*-1;;;+2/p+3. The monoisotopic (exact) mass is 705 g/mol. The zero-order chi connectivity index (χ0) is 28.7. The summed E-state index contributed by atoms with van der Waals surface area (Å²) in [6, 6.07) is 11.6. The van der Waals surface area contributed by atoms with Crippen molar-refractivity contribution in [2.75, 3.05) is 0 Å². The molecule has 0 amide bonds. The Kier molecular flexibility index (Phi) is 17.0. The average molecular weight is 708 g/mol. The van der Waals surface area contributed by atoms with Crippen LogP contribution in [0.5, 0.6) is 0 Å². The zero-order valence-electron chi connectivity index (χ0n) is 21.5. The van der Waals surface area contributed by atoms with Crippen LogP contribution in [0.1, 0.15) is 0 Å². The van der Waals surface area contributed by atoms with E-state index in [4.69, 9.17) is 69.6 Å². The van der Waals surface area contributed by atoms with Gasteiger partial charge in [0.1, 0.15) is 0 Å². The van der Waals surface area contributed by atoms with Crippen LogP contribution >= 0.6 is 69.6 Å². The van der Waals surface area contributed by atoms with E-state index < -0.39 is 22.8 Å². The van der Waals surface area contributed by atoms with Gasteiger partial charge in [0.05, 0.1) is 0 Å². The molecule has 41 heavy (non-hydrogen) atoms. The summed E-state index contributed by atoms with van der Waals surface area (Å²) >= 11 is 28.8. The van der Waals surface area contributed by atoms with Crippen LogP contribution in [0.4, 0.5) is 0 Å². The molecule has 212 valence electrons. The molecule has 0 saturated heterocycles. The summed E-state index contributed by atoms with van der Waals surface area (Å²) in [6.07, 6.45) is 22.8. The molecule has 0 saturated carbocycles. The SMILES string of the molecule is ClC(Cl)Cl.ClC(Cl)Cl.[Ca+2].c1c[nH+]n([BH-](n2ccc[nH+]2)n2ccc[nH+]2)c1.c1cnn([BH-](n2cccn2)n2cccn2)c1. The summed E-state index contributed by atoms with van der Waals surface area (Å²) in [6.45, 7) is 0. The van der Waals surface area contributed by atoms with Gasteiger partial charge in [0, 0.05) is 55.4 Å². The van der Waals surface area contributed by atoms with Gasteiger partial charge >= 0.3 is 52.0 Å². The first-order valence-corrected chi connectivity index (χ1v) is 14.3. The predicted molar refractivity (Wildman–Crippen MR) is 165 cm³/mol. The minimum Gasteiger partial charge on any atom is -0.403 e. The maximum Gasteiger partial charge on any atom is 2.00 e. The van der Waals surface area contributed by atoms with E-state index in [0.717, 1.165) is 0 Å². The van der Waals surface area contributed by atoms with E-state index in [2.05, 4.69) is 44.4 Å². The van der Waals surface area contributed by atoms with Crippen molar-refractivity contribution in [2.24, 2.45) is 0 Å². The van der Waals surface area contributed by atoms with Gasteiger partial charge in [0.2, 0.25) is 0 Å². The number of hydrogen-bond donors (Lipinski definition) is 0. The Labute approximate surface area is 296 Å². The molecule has 6 rings (SSSR count). The summed E-state index contributed by atoms with van der Waals surface area (Å²) in [5, 5.41) is 22.3. The summed E-state index contributed by atoms with van der Waals surface area (Å²) < 4.78 is 10.3. The minimum atomic E-state index is -1.12. The van der Waals surface area contributed by atoms with Crippen molar-refractivity contribution in [3.05, 3.63) is 111 Å². The van der Waals surface area contributed by atoms with Crippen molar-refractivity contribution in [3.63, 3.8) is 0 Å². The topological polar surface area (TPSA) is 111 Å². The van der Waals surface area contributed by atoms with Crippen LogP contribution in [0.3, 0.4) is 0 Å². The molecule has 0 unspecified atom stereocenters. The van der Waals surface area contributed by atoms with Crippen LogP contribution in [0.25, 0.3) is 0 Å². The second kappa shape index (κ2) is 19.6. The maximum atomic E-state index is 4.81. The molecule has 6 heterocycles. The minimum absolute atomic E-state index is 0. The Morgan fingerprint density at radius 3 is 0.951 bits per heavy atom. The van der Waals surface area contributed by atoms with E-state index >= 15 is 0 Å². The third-order valence-corrected chi connectivity index (χ3v) is 5.27. The molecular weight excluding hydrogens is 683 g/mol. The van der Waals surface area contributed by atoms with Gasteiger partial charge < -0.3 is 13.8 Å². The first-order chi connectivity index (χ1) is 19.4. The fourth-order valence-corrected chi connectivity index (χ4v) is 3.86. The Hall–Kier alpha value is -1.61. The van der Waals surface area contributed by atoms with Crippen LogP contribution in [0.15, 0.2) is 111 Å². The van der Waals surface area contributed by atoms with Crippen LogP contribution in [0.2, 0.25) is 0 Å². The van der Waals surface area contributed by atoms with Gasteiger partial charge in [-0.05, 0) is 36.8 Å². The molecule has 0 radical (unpaired) electrons. The summed E-state index contributed by atoms with van der Waals surface area (Å²) in [7, 11) is -2.08. The Morgan fingerprint density at radius 2 is 0.756 bits per heavy atom. The summed E-state index contributed by atoms with van der Waals surface area (Å²) in [4.78, 5) is 0. The molecule has 0 aliphatic heterocycles. The summed E-state index contributed by atoms with van der Waals surface area (Å²) in [5.74, 6) is 0. The number of alkyl halides is 6. The second-order valence-electron chi connectivity index (χ2n) is 7.80. The van der Waals surface area contributed by atoms with Gasteiger partial charge in [-0.15, -0.1) is 0 Å². The maximum absolute atomic E-state index is 4.81. The predicted octanol–water partition coefficient (Wildman–Crippen LogP) is 1.73. The molecule has 0 aliphatic carbocycles. The van der Waals surface area contributed by atoms with E-state index in [1.807, 2.05) is 106 Å². The number of nitrogens with zero attached hydrogens (tertiary/aromatic N) is 9. The van der Waals surface area contributed by atoms with Gasteiger partial charge in [-0.1, -0.05) is 69.6 Å². The van der Waals surface area contributed by atoms with Gasteiger partial charge in [-0.2, -0.15) is 15.3 Å². The number of H-pyrrole nitrogens is 3. The van der Waals surface area contributed by atoms with E-state index in [0.29, 0.717) is 0 Å². The molecule has 0 aromatic carbocycles. The molecule has 21 heteroatoms. The van der Waals surface area contributed by atoms with Crippen LogP contribution < -0.4 is 15.3 Å². The Balaban J connectivity index is 0.000000224. The normalized spacial score (nSPS) is 10.4.